The number of amides is 3. The molecule has 0 unspecified atom stereocenters. The quantitative estimate of drug-likeness (QED) is 0.687. The van der Waals surface area contributed by atoms with Crippen LogP contribution in [0.2, 0.25) is 0 Å². The van der Waals surface area contributed by atoms with Gasteiger partial charge < -0.3 is 9.88 Å². The molecule has 27 heavy (non-hydrogen) atoms. The Morgan fingerprint density at radius 1 is 1.30 bits per heavy atom. The second-order valence-corrected chi connectivity index (χ2v) is 8.64. The molecule has 0 atom stereocenters. The summed E-state index contributed by atoms with van der Waals surface area (Å²) >= 11 is 3.27. The molecular formula is C18H25N5O2S2. The van der Waals surface area contributed by atoms with Crippen LogP contribution in [0.1, 0.15) is 55.3 Å². The van der Waals surface area contributed by atoms with Gasteiger partial charge >= 0.3 is 6.03 Å². The van der Waals surface area contributed by atoms with E-state index in [9.17, 15) is 9.59 Å². The van der Waals surface area contributed by atoms with Gasteiger partial charge in [0.1, 0.15) is 5.82 Å². The number of carbonyl (C=O) groups excluding carboxylic acids is 2. The van der Waals surface area contributed by atoms with Gasteiger partial charge in [0.05, 0.1) is 0 Å². The van der Waals surface area contributed by atoms with Crippen LogP contribution in [-0.2, 0) is 11.2 Å². The van der Waals surface area contributed by atoms with Crippen molar-refractivity contribution in [2.24, 2.45) is 0 Å². The Bertz CT molecular complexity index is 754. The molecule has 0 aromatic carbocycles. The lowest BCUT2D eigenvalue weighted by Gasteiger charge is -2.25. The number of carbonyl (C=O) groups is 2. The first-order valence-corrected chi connectivity index (χ1v) is 11.1. The molecule has 7 nitrogen and oxygen atoms in total. The zero-order valence-corrected chi connectivity index (χ0v) is 17.1. The highest BCUT2D eigenvalue weighted by Gasteiger charge is 2.23. The number of thiophene rings is 1. The van der Waals surface area contributed by atoms with Crippen molar-refractivity contribution >= 4 is 35.0 Å². The van der Waals surface area contributed by atoms with Crippen LogP contribution in [0.5, 0.6) is 0 Å². The molecule has 3 rings (SSSR count). The van der Waals surface area contributed by atoms with Gasteiger partial charge in [-0.05, 0) is 24.3 Å². The number of imide groups is 1. The Morgan fingerprint density at radius 2 is 2.11 bits per heavy atom. The van der Waals surface area contributed by atoms with Crippen molar-refractivity contribution in [1.29, 1.82) is 0 Å². The Balaban J connectivity index is 1.67. The maximum Gasteiger partial charge on any atom is 0.321 e. The molecule has 0 saturated heterocycles. The number of nitrogens with one attached hydrogen (secondary N) is 2. The number of thioether (sulfide) groups is 1. The molecule has 0 spiro atoms. The van der Waals surface area contributed by atoms with E-state index in [-0.39, 0.29) is 12.3 Å². The second kappa shape index (κ2) is 9.89. The van der Waals surface area contributed by atoms with Crippen LogP contribution in [-0.4, -0.2) is 39.5 Å². The number of aromatic nitrogens is 3. The van der Waals surface area contributed by atoms with Gasteiger partial charge in [-0.25, -0.2) is 4.79 Å². The first kappa shape index (κ1) is 19.9. The molecule has 1 aliphatic carbocycles. The fraction of sp³-hybridized carbons (Fsp3) is 0.556. The normalized spacial score (nSPS) is 14.9. The standard InChI is InChI=1S/C18H25N5O2S2/c1-19-17(25)20-16(24)9-11-27-18-22-21-15(12-14-8-5-10-26-14)23(18)13-6-3-2-4-7-13/h5,8,10,13H,2-4,6-7,9,11-12H2,1H3,(H2,19,20,24,25). The summed E-state index contributed by atoms with van der Waals surface area (Å²) in [7, 11) is 1.49. The lowest BCUT2D eigenvalue weighted by atomic mass is 9.95. The van der Waals surface area contributed by atoms with Crippen LogP contribution in [0.3, 0.4) is 0 Å². The maximum atomic E-state index is 11.8. The molecule has 9 heteroatoms. The summed E-state index contributed by atoms with van der Waals surface area (Å²) in [6.07, 6.45) is 7.12. The Kier molecular flexibility index (Phi) is 7.28. The van der Waals surface area contributed by atoms with E-state index in [1.807, 2.05) is 0 Å². The Hall–Kier alpha value is -1.87. The van der Waals surface area contributed by atoms with E-state index in [0.717, 1.165) is 30.2 Å². The largest absolute Gasteiger partial charge is 0.341 e. The summed E-state index contributed by atoms with van der Waals surface area (Å²) in [6.45, 7) is 0. The monoisotopic (exact) mass is 407 g/mol. The fourth-order valence-corrected chi connectivity index (χ4v) is 4.95. The molecule has 146 valence electrons. The predicted molar refractivity (Wildman–Crippen MR) is 107 cm³/mol. The summed E-state index contributed by atoms with van der Waals surface area (Å²) in [5.41, 5.74) is 0. The van der Waals surface area contributed by atoms with Crippen molar-refractivity contribution in [3.05, 3.63) is 28.2 Å². The molecule has 2 N–H and O–H groups in total. The first-order valence-electron chi connectivity index (χ1n) is 9.28. The minimum Gasteiger partial charge on any atom is -0.341 e. The van der Waals surface area contributed by atoms with Gasteiger partial charge in [-0.2, -0.15) is 0 Å². The first-order chi connectivity index (χ1) is 13.2. The lowest BCUT2D eigenvalue weighted by molar-refractivity contribution is -0.119. The molecule has 0 aliphatic heterocycles. The molecule has 1 aliphatic rings. The number of hydrogen-bond donors (Lipinski definition) is 2. The van der Waals surface area contributed by atoms with Crippen LogP contribution in [0.15, 0.2) is 22.7 Å². The van der Waals surface area contributed by atoms with Gasteiger partial charge in [0, 0.05) is 36.6 Å². The molecule has 0 bridgehead atoms. The molecule has 2 heterocycles. The summed E-state index contributed by atoms with van der Waals surface area (Å²) < 4.78 is 2.29. The van der Waals surface area contributed by atoms with E-state index >= 15 is 0 Å². The lowest BCUT2D eigenvalue weighted by Crippen LogP contribution is -2.37. The molecule has 1 saturated carbocycles. The average molecular weight is 408 g/mol. The second-order valence-electron chi connectivity index (χ2n) is 6.54. The van der Waals surface area contributed by atoms with Crippen molar-refractivity contribution < 1.29 is 9.59 Å². The minimum absolute atomic E-state index is 0.260. The smallest absolute Gasteiger partial charge is 0.321 e. The minimum atomic E-state index is -0.478. The number of nitrogens with zero attached hydrogens (tertiary/aromatic N) is 3. The van der Waals surface area contributed by atoms with Gasteiger partial charge in [-0.15, -0.1) is 21.5 Å². The number of rotatable bonds is 7. The van der Waals surface area contributed by atoms with Crippen LogP contribution in [0, 0.1) is 0 Å². The number of hydrogen-bond acceptors (Lipinski definition) is 6. The van der Waals surface area contributed by atoms with Crippen LogP contribution in [0.25, 0.3) is 0 Å². The third-order valence-corrected chi connectivity index (χ3v) is 6.45. The Morgan fingerprint density at radius 3 is 2.81 bits per heavy atom. The van der Waals surface area contributed by atoms with Gasteiger partial charge in [0.15, 0.2) is 5.16 Å². The van der Waals surface area contributed by atoms with E-state index in [4.69, 9.17) is 0 Å². The average Bonchev–Trinajstić information content (AvgIpc) is 3.33. The van der Waals surface area contributed by atoms with Crippen molar-refractivity contribution in [1.82, 2.24) is 25.4 Å². The van der Waals surface area contributed by atoms with E-state index in [1.54, 1.807) is 11.3 Å². The topological polar surface area (TPSA) is 88.9 Å². The van der Waals surface area contributed by atoms with Crippen molar-refractivity contribution in [2.75, 3.05) is 12.8 Å². The highest BCUT2D eigenvalue weighted by atomic mass is 32.2. The zero-order chi connectivity index (χ0) is 19.1. The zero-order valence-electron chi connectivity index (χ0n) is 15.4. The fourth-order valence-electron chi connectivity index (χ4n) is 3.29. The van der Waals surface area contributed by atoms with Gasteiger partial charge in [-0.1, -0.05) is 37.1 Å². The summed E-state index contributed by atoms with van der Waals surface area (Å²) in [6, 6.07) is 4.14. The van der Waals surface area contributed by atoms with E-state index in [2.05, 4.69) is 42.9 Å². The van der Waals surface area contributed by atoms with Crippen LogP contribution < -0.4 is 10.6 Å². The highest BCUT2D eigenvalue weighted by Crippen LogP contribution is 2.33. The molecule has 0 radical (unpaired) electrons. The maximum absolute atomic E-state index is 11.8. The highest BCUT2D eigenvalue weighted by molar-refractivity contribution is 7.99. The predicted octanol–water partition coefficient (Wildman–Crippen LogP) is 3.37. The van der Waals surface area contributed by atoms with Crippen LogP contribution >= 0.6 is 23.1 Å². The summed E-state index contributed by atoms with van der Waals surface area (Å²) in [5, 5.41) is 16.5. The van der Waals surface area contributed by atoms with Gasteiger partial charge in [0.2, 0.25) is 5.91 Å². The van der Waals surface area contributed by atoms with E-state index in [1.165, 1.54) is 42.9 Å². The van der Waals surface area contributed by atoms with Gasteiger partial charge in [-0.3, -0.25) is 10.1 Å². The third-order valence-electron chi connectivity index (χ3n) is 4.63. The molecule has 3 amide bonds. The molecule has 2 aromatic heterocycles. The third kappa shape index (κ3) is 5.55. The van der Waals surface area contributed by atoms with E-state index < -0.39 is 6.03 Å². The van der Waals surface area contributed by atoms with Crippen LogP contribution in [0.4, 0.5) is 4.79 Å². The SMILES string of the molecule is CNC(=O)NC(=O)CCSc1nnc(Cc2cccs2)n1C1CCCCC1. The van der Waals surface area contributed by atoms with E-state index in [0.29, 0.717) is 11.8 Å². The molecule has 2 aromatic rings. The van der Waals surface area contributed by atoms with Gasteiger partial charge in [0.25, 0.3) is 0 Å². The number of urea groups is 1. The van der Waals surface area contributed by atoms with Crippen molar-refractivity contribution in [3.8, 4) is 0 Å². The van der Waals surface area contributed by atoms with Crippen molar-refractivity contribution in [2.45, 2.75) is 56.1 Å². The Labute approximate surface area is 167 Å². The molecule has 1 fully saturated rings. The van der Waals surface area contributed by atoms with Crippen molar-refractivity contribution in [3.63, 3.8) is 0 Å². The molecular weight excluding hydrogens is 382 g/mol. The summed E-state index contributed by atoms with van der Waals surface area (Å²) in [4.78, 5) is 24.3. The summed E-state index contributed by atoms with van der Waals surface area (Å²) in [5.74, 6) is 1.28.